The lowest BCUT2D eigenvalue weighted by Gasteiger charge is -2.09. The van der Waals surface area contributed by atoms with E-state index in [4.69, 9.17) is 0 Å². The van der Waals surface area contributed by atoms with Crippen molar-refractivity contribution in [1.82, 2.24) is 9.78 Å². The predicted molar refractivity (Wildman–Crippen MR) is 81.0 cm³/mol. The van der Waals surface area contributed by atoms with Gasteiger partial charge in [-0.3, -0.25) is 4.68 Å². The van der Waals surface area contributed by atoms with Gasteiger partial charge < -0.3 is 0 Å². The molecule has 0 atom stereocenters. The van der Waals surface area contributed by atoms with E-state index < -0.39 is 12.2 Å². The molecule has 0 radical (unpaired) electrons. The van der Waals surface area contributed by atoms with Gasteiger partial charge in [-0.2, -0.15) is 5.10 Å². The van der Waals surface area contributed by atoms with E-state index in [1.54, 1.807) is 13.2 Å². The smallest absolute Gasteiger partial charge is 0.264 e. The molecule has 2 aromatic rings. The highest BCUT2D eigenvalue weighted by Crippen LogP contribution is 2.32. The van der Waals surface area contributed by atoms with Crippen molar-refractivity contribution >= 4 is 0 Å². The van der Waals surface area contributed by atoms with Crippen LogP contribution in [-0.2, 0) is 7.05 Å². The number of aryl methyl sites for hydroxylation is 2. The summed E-state index contributed by atoms with van der Waals surface area (Å²) in [5.41, 5.74) is 0.725. The van der Waals surface area contributed by atoms with E-state index in [0.29, 0.717) is 5.56 Å². The second-order valence-electron chi connectivity index (χ2n) is 3.89. The normalized spacial score (nSPS) is 9.62. The molecule has 0 unspecified atom stereocenters. The van der Waals surface area contributed by atoms with E-state index in [1.165, 1.54) is 23.9 Å². The van der Waals surface area contributed by atoms with Crippen molar-refractivity contribution in [3.05, 3.63) is 41.5 Å². The Morgan fingerprint density at radius 2 is 1.67 bits per heavy atom. The molecule has 0 N–H and O–H groups in total. The van der Waals surface area contributed by atoms with Crippen LogP contribution in [-0.4, -0.2) is 9.78 Å². The van der Waals surface area contributed by atoms with Gasteiger partial charge >= 0.3 is 0 Å². The highest BCUT2D eigenvalue weighted by molar-refractivity contribution is 5.67. The van der Waals surface area contributed by atoms with E-state index in [2.05, 4.69) is 5.10 Å². The summed E-state index contributed by atoms with van der Waals surface area (Å²) in [6.07, 6.45) is 0.385. The molecule has 0 amide bonds. The van der Waals surface area contributed by atoms with E-state index in [-0.39, 0.29) is 16.7 Å². The van der Waals surface area contributed by atoms with Gasteiger partial charge in [-0.05, 0) is 30.2 Å². The lowest BCUT2D eigenvalue weighted by molar-refractivity contribution is 0.152. The third-order valence-electron chi connectivity index (χ3n) is 2.58. The van der Waals surface area contributed by atoms with Gasteiger partial charge in [0.2, 0.25) is 0 Å². The quantitative estimate of drug-likeness (QED) is 0.713. The average Bonchev–Trinajstić information content (AvgIpc) is 2.92. The van der Waals surface area contributed by atoms with Gasteiger partial charge in [-0.1, -0.05) is 27.7 Å². The molecule has 1 aromatic carbocycles. The Morgan fingerprint density at radius 3 is 2.10 bits per heavy atom. The lowest BCUT2D eigenvalue weighted by atomic mass is 10.00. The zero-order chi connectivity index (χ0) is 16.6. The number of hydrogen-bond donors (Lipinski definition) is 0. The number of benzene rings is 1. The van der Waals surface area contributed by atoms with Gasteiger partial charge in [0.25, 0.3) is 6.43 Å². The molecule has 0 fully saturated rings. The van der Waals surface area contributed by atoms with Crippen LogP contribution in [0.15, 0.2) is 24.5 Å². The van der Waals surface area contributed by atoms with E-state index in [1.807, 2.05) is 27.7 Å². The van der Waals surface area contributed by atoms with Crippen molar-refractivity contribution in [2.45, 2.75) is 41.0 Å². The minimum absolute atomic E-state index is 0.170. The molecule has 1 aromatic heterocycles. The largest absolute Gasteiger partial charge is 0.275 e. The molecule has 0 aliphatic carbocycles. The Kier molecular flexibility index (Phi) is 8.43. The molecule has 0 spiro atoms. The Hall–Kier alpha value is -1.78. The van der Waals surface area contributed by atoms with Crippen LogP contribution in [0.1, 0.15) is 45.2 Å². The number of hydrogen-bond acceptors (Lipinski definition) is 1. The van der Waals surface area contributed by atoms with Gasteiger partial charge in [0.1, 0.15) is 5.82 Å². The van der Waals surface area contributed by atoms with E-state index in [0.717, 1.165) is 6.07 Å². The molecular weight excluding hydrogens is 277 g/mol. The minimum atomic E-state index is -2.63. The molecule has 0 bridgehead atoms. The summed E-state index contributed by atoms with van der Waals surface area (Å²) in [5, 5.41) is 3.89. The summed E-state index contributed by atoms with van der Waals surface area (Å²) in [5.74, 6) is -0.492. The Morgan fingerprint density at radius 1 is 1.10 bits per heavy atom. The van der Waals surface area contributed by atoms with Gasteiger partial charge in [0.15, 0.2) is 0 Å². The summed E-state index contributed by atoms with van der Waals surface area (Å²) in [7, 11) is 1.68. The maximum Gasteiger partial charge on any atom is 0.264 e. The standard InChI is InChI=1S/C12H11F3N2.2C2H6/c1-7-3-10(12(14)15)9(4-11(7)13)8-5-16-17(2)6-8;2*1-2/h3-6,12H,1-2H3;2*1-2H3. The van der Waals surface area contributed by atoms with Crippen molar-refractivity contribution in [2.75, 3.05) is 0 Å². The topological polar surface area (TPSA) is 17.8 Å². The monoisotopic (exact) mass is 300 g/mol. The van der Waals surface area contributed by atoms with Crippen LogP contribution in [0.3, 0.4) is 0 Å². The molecule has 2 rings (SSSR count). The zero-order valence-electron chi connectivity index (χ0n) is 13.4. The predicted octanol–water partition coefficient (Wildman–Crippen LogP) is 5.52. The molecule has 0 aliphatic heterocycles. The van der Waals surface area contributed by atoms with Crippen molar-refractivity contribution in [3.8, 4) is 11.1 Å². The first-order chi connectivity index (χ1) is 9.99. The first-order valence-electron chi connectivity index (χ1n) is 7.06. The van der Waals surface area contributed by atoms with Crippen LogP contribution in [0, 0.1) is 12.7 Å². The van der Waals surface area contributed by atoms with Crippen LogP contribution in [0.5, 0.6) is 0 Å². The maximum atomic E-state index is 13.4. The SMILES string of the molecule is CC.CC.Cc1cc(C(F)F)c(-c2cnn(C)c2)cc1F. The third kappa shape index (κ3) is 4.92. The van der Waals surface area contributed by atoms with Crippen molar-refractivity contribution in [3.63, 3.8) is 0 Å². The molecule has 118 valence electrons. The second-order valence-corrected chi connectivity index (χ2v) is 3.89. The molecule has 0 saturated carbocycles. The maximum absolute atomic E-state index is 13.4. The van der Waals surface area contributed by atoms with Gasteiger partial charge in [-0.25, -0.2) is 13.2 Å². The molecule has 0 aliphatic rings. The summed E-state index contributed by atoms with van der Waals surface area (Å²) in [6, 6.07) is 2.32. The molecule has 21 heavy (non-hydrogen) atoms. The fourth-order valence-electron chi connectivity index (χ4n) is 1.69. The van der Waals surface area contributed by atoms with Crippen LogP contribution >= 0.6 is 0 Å². The van der Waals surface area contributed by atoms with Crippen molar-refractivity contribution in [1.29, 1.82) is 0 Å². The van der Waals surface area contributed by atoms with Crippen LogP contribution in [0.2, 0.25) is 0 Å². The van der Waals surface area contributed by atoms with Crippen LogP contribution < -0.4 is 0 Å². The highest BCUT2D eigenvalue weighted by Gasteiger charge is 2.17. The Balaban J connectivity index is 0.000000921. The second kappa shape index (κ2) is 9.21. The summed E-state index contributed by atoms with van der Waals surface area (Å²) >= 11 is 0. The first-order valence-corrected chi connectivity index (χ1v) is 7.06. The summed E-state index contributed by atoms with van der Waals surface area (Å²) in [4.78, 5) is 0. The fraction of sp³-hybridized carbons (Fsp3) is 0.438. The zero-order valence-corrected chi connectivity index (χ0v) is 13.4. The lowest BCUT2D eigenvalue weighted by Crippen LogP contribution is -1.94. The van der Waals surface area contributed by atoms with E-state index >= 15 is 0 Å². The van der Waals surface area contributed by atoms with Crippen molar-refractivity contribution in [2.24, 2.45) is 7.05 Å². The number of nitrogens with zero attached hydrogens (tertiary/aromatic N) is 2. The van der Waals surface area contributed by atoms with Gasteiger partial charge in [-0.15, -0.1) is 0 Å². The fourth-order valence-corrected chi connectivity index (χ4v) is 1.69. The number of halogens is 3. The van der Waals surface area contributed by atoms with E-state index in [9.17, 15) is 13.2 Å². The number of rotatable bonds is 2. The Labute approximate surface area is 124 Å². The highest BCUT2D eigenvalue weighted by atomic mass is 19.3. The number of alkyl halides is 2. The van der Waals surface area contributed by atoms with Crippen LogP contribution in [0.25, 0.3) is 11.1 Å². The van der Waals surface area contributed by atoms with Gasteiger partial charge in [0, 0.05) is 24.4 Å². The average molecular weight is 300 g/mol. The van der Waals surface area contributed by atoms with Crippen LogP contribution in [0.4, 0.5) is 13.2 Å². The third-order valence-corrected chi connectivity index (χ3v) is 2.58. The minimum Gasteiger partial charge on any atom is -0.275 e. The number of aromatic nitrogens is 2. The Bertz CT molecular complexity index is 548. The summed E-state index contributed by atoms with van der Waals surface area (Å²) in [6.45, 7) is 9.47. The molecular formula is C16H23F3N2. The molecule has 1 heterocycles. The first kappa shape index (κ1) is 19.2. The molecule has 2 nitrogen and oxygen atoms in total. The molecule has 0 saturated heterocycles. The van der Waals surface area contributed by atoms with Gasteiger partial charge in [0.05, 0.1) is 6.20 Å². The molecule has 5 heteroatoms. The van der Waals surface area contributed by atoms with Crippen molar-refractivity contribution < 1.29 is 13.2 Å². The summed E-state index contributed by atoms with van der Waals surface area (Å²) < 4.78 is 40.7.